The molecule has 1 amide bonds. The van der Waals surface area contributed by atoms with E-state index in [2.05, 4.69) is 15.4 Å². The molecule has 1 fully saturated rings. The van der Waals surface area contributed by atoms with Crippen LogP contribution >= 0.6 is 12.4 Å². The van der Waals surface area contributed by atoms with Crippen LogP contribution in [0.1, 0.15) is 6.42 Å². The van der Waals surface area contributed by atoms with Gasteiger partial charge in [0, 0.05) is 30.8 Å². The van der Waals surface area contributed by atoms with E-state index in [1.165, 1.54) is 18.2 Å². The quantitative estimate of drug-likeness (QED) is 0.883. The number of nitrogens with one attached hydrogen (secondary N) is 2. The molecule has 1 unspecified atom stereocenters. The van der Waals surface area contributed by atoms with Crippen molar-refractivity contribution in [3.63, 3.8) is 0 Å². The van der Waals surface area contributed by atoms with Crippen LogP contribution in [0, 0.1) is 0 Å². The Kier molecular flexibility index (Phi) is 6.92. The molecule has 9 heteroatoms. The molecule has 0 radical (unpaired) electrons. The Balaban J connectivity index is 0.00000242. The van der Waals surface area contributed by atoms with Crippen LogP contribution in [0.25, 0.3) is 0 Å². The van der Waals surface area contributed by atoms with Gasteiger partial charge >= 0.3 is 6.36 Å². The van der Waals surface area contributed by atoms with Crippen molar-refractivity contribution >= 4 is 24.0 Å². The third-order valence-corrected chi connectivity index (χ3v) is 2.78. The second kappa shape index (κ2) is 8.21. The van der Waals surface area contributed by atoms with Crippen LogP contribution in [0.3, 0.4) is 0 Å². The first-order valence-electron chi connectivity index (χ1n) is 6.39. The molecule has 0 aliphatic carbocycles. The van der Waals surface area contributed by atoms with Crippen molar-refractivity contribution in [1.82, 2.24) is 5.32 Å². The zero-order valence-electron chi connectivity index (χ0n) is 11.5. The number of hydrogen-bond acceptors (Lipinski definition) is 4. The standard InChI is InChI=1S/C13H15F3N2O3.ClH/c14-13(15,16)21-11-3-1-2-9(6-11)18-12(19)7-10-8-20-5-4-17-10;/h1-3,6,10,17H,4-5,7-8H2,(H,18,19);1H. The van der Waals surface area contributed by atoms with Crippen molar-refractivity contribution in [3.05, 3.63) is 24.3 Å². The molecule has 0 aromatic heterocycles. The van der Waals surface area contributed by atoms with E-state index in [1.807, 2.05) is 0 Å². The van der Waals surface area contributed by atoms with E-state index in [1.54, 1.807) is 0 Å². The lowest BCUT2D eigenvalue weighted by molar-refractivity contribution is -0.274. The van der Waals surface area contributed by atoms with Crippen molar-refractivity contribution in [2.45, 2.75) is 18.8 Å². The first-order valence-corrected chi connectivity index (χ1v) is 6.39. The number of halogens is 4. The number of ether oxygens (including phenoxy) is 2. The highest BCUT2D eigenvalue weighted by Gasteiger charge is 2.31. The highest BCUT2D eigenvalue weighted by molar-refractivity contribution is 5.91. The fraction of sp³-hybridized carbons (Fsp3) is 0.462. The number of benzene rings is 1. The topological polar surface area (TPSA) is 59.6 Å². The molecule has 1 aliphatic heterocycles. The largest absolute Gasteiger partial charge is 0.573 e. The Hall–Kier alpha value is -1.51. The number of anilines is 1. The summed E-state index contributed by atoms with van der Waals surface area (Å²) in [5, 5.41) is 5.65. The second-order valence-corrected chi connectivity index (χ2v) is 4.55. The Morgan fingerprint density at radius 1 is 1.45 bits per heavy atom. The van der Waals surface area contributed by atoms with Crippen LogP contribution in [0.2, 0.25) is 0 Å². The Morgan fingerprint density at radius 2 is 2.23 bits per heavy atom. The molecule has 124 valence electrons. The van der Waals surface area contributed by atoms with Crippen LogP contribution in [-0.4, -0.2) is 38.1 Å². The predicted molar refractivity (Wildman–Crippen MR) is 76.2 cm³/mol. The van der Waals surface area contributed by atoms with Crippen molar-refractivity contribution in [2.75, 3.05) is 25.1 Å². The SMILES string of the molecule is Cl.O=C(CC1COCCN1)Nc1cccc(OC(F)(F)F)c1. The van der Waals surface area contributed by atoms with Crippen LogP contribution in [0.5, 0.6) is 5.75 Å². The lowest BCUT2D eigenvalue weighted by Gasteiger charge is -2.23. The van der Waals surface area contributed by atoms with E-state index in [4.69, 9.17) is 4.74 Å². The van der Waals surface area contributed by atoms with Crippen molar-refractivity contribution in [1.29, 1.82) is 0 Å². The van der Waals surface area contributed by atoms with E-state index in [0.29, 0.717) is 19.8 Å². The van der Waals surface area contributed by atoms with E-state index in [-0.39, 0.29) is 42.2 Å². The average molecular weight is 341 g/mol. The number of carbonyl (C=O) groups is 1. The third-order valence-electron chi connectivity index (χ3n) is 2.78. The van der Waals surface area contributed by atoms with Crippen LogP contribution in [-0.2, 0) is 9.53 Å². The molecule has 0 bridgehead atoms. The Labute approximate surface area is 131 Å². The van der Waals surface area contributed by atoms with Crippen molar-refractivity contribution in [3.8, 4) is 5.75 Å². The summed E-state index contributed by atoms with van der Waals surface area (Å²) >= 11 is 0. The minimum absolute atomic E-state index is 0. The maximum atomic E-state index is 12.1. The van der Waals surface area contributed by atoms with Gasteiger partial charge in [-0.1, -0.05) is 6.07 Å². The summed E-state index contributed by atoms with van der Waals surface area (Å²) in [7, 11) is 0. The summed E-state index contributed by atoms with van der Waals surface area (Å²) in [6.45, 7) is 1.71. The predicted octanol–water partition coefficient (Wildman–Crippen LogP) is 2.32. The summed E-state index contributed by atoms with van der Waals surface area (Å²) in [4.78, 5) is 11.8. The minimum Gasteiger partial charge on any atom is -0.406 e. The number of alkyl halides is 3. The van der Waals surface area contributed by atoms with Gasteiger partial charge in [0.1, 0.15) is 5.75 Å². The second-order valence-electron chi connectivity index (χ2n) is 4.55. The molecule has 1 saturated heterocycles. The molecule has 0 saturated carbocycles. The molecule has 1 atom stereocenters. The first-order chi connectivity index (χ1) is 9.92. The molecule has 2 rings (SSSR count). The van der Waals surface area contributed by atoms with Crippen molar-refractivity contribution < 1.29 is 27.4 Å². The smallest absolute Gasteiger partial charge is 0.406 e. The summed E-state index contributed by atoms with van der Waals surface area (Å²) in [6.07, 6.45) is -4.57. The van der Waals surface area contributed by atoms with Crippen LogP contribution in [0.15, 0.2) is 24.3 Å². The van der Waals surface area contributed by atoms with Gasteiger partial charge in [-0.3, -0.25) is 4.79 Å². The van der Waals surface area contributed by atoms with Crippen molar-refractivity contribution in [2.24, 2.45) is 0 Å². The van der Waals surface area contributed by atoms with Gasteiger partial charge in [-0.2, -0.15) is 0 Å². The fourth-order valence-corrected chi connectivity index (χ4v) is 1.96. The molecule has 1 aromatic rings. The van der Waals surface area contributed by atoms with E-state index in [0.717, 1.165) is 6.07 Å². The lowest BCUT2D eigenvalue weighted by atomic mass is 10.2. The third kappa shape index (κ3) is 6.50. The molecule has 5 nitrogen and oxygen atoms in total. The minimum atomic E-state index is -4.76. The number of morpholine rings is 1. The molecule has 1 heterocycles. The van der Waals surface area contributed by atoms with Gasteiger partial charge < -0.3 is 20.1 Å². The van der Waals surface area contributed by atoms with Crippen LogP contribution < -0.4 is 15.4 Å². The van der Waals surface area contributed by atoms with Gasteiger partial charge in [-0.15, -0.1) is 25.6 Å². The summed E-state index contributed by atoms with van der Waals surface area (Å²) in [6, 6.07) is 5.06. The van der Waals surface area contributed by atoms with E-state index < -0.39 is 6.36 Å². The van der Waals surface area contributed by atoms with Gasteiger partial charge in [0.25, 0.3) is 0 Å². The molecular formula is C13H16ClF3N2O3. The lowest BCUT2D eigenvalue weighted by Crippen LogP contribution is -2.43. The summed E-state index contributed by atoms with van der Waals surface area (Å²) in [5.74, 6) is -0.679. The molecule has 22 heavy (non-hydrogen) atoms. The number of carbonyl (C=O) groups excluding carboxylic acids is 1. The van der Waals surface area contributed by atoms with Crippen LogP contribution in [0.4, 0.5) is 18.9 Å². The van der Waals surface area contributed by atoms with Gasteiger partial charge in [0.05, 0.1) is 13.2 Å². The number of hydrogen-bond donors (Lipinski definition) is 2. The number of rotatable bonds is 4. The van der Waals surface area contributed by atoms with E-state index in [9.17, 15) is 18.0 Å². The summed E-state index contributed by atoms with van der Waals surface area (Å²) in [5.41, 5.74) is 0.249. The zero-order valence-corrected chi connectivity index (χ0v) is 12.3. The molecule has 0 spiro atoms. The molecule has 1 aromatic carbocycles. The zero-order chi connectivity index (χ0) is 15.3. The molecular weight excluding hydrogens is 325 g/mol. The highest BCUT2D eigenvalue weighted by Crippen LogP contribution is 2.25. The van der Waals surface area contributed by atoms with Gasteiger partial charge in [-0.25, -0.2) is 0 Å². The monoisotopic (exact) mass is 340 g/mol. The summed E-state index contributed by atoms with van der Waals surface area (Å²) < 4.78 is 45.3. The Morgan fingerprint density at radius 3 is 2.86 bits per heavy atom. The van der Waals surface area contributed by atoms with Gasteiger partial charge in [-0.05, 0) is 12.1 Å². The molecule has 2 N–H and O–H groups in total. The highest BCUT2D eigenvalue weighted by atomic mass is 35.5. The number of amides is 1. The average Bonchev–Trinajstić information content (AvgIpc) is 2.38. The van der Waals surface area contributed by atoms with Gasteiger partial charge in [0.15, 0.2) is 0 Å². The normalized spacial score (nSPS) is 18.2. The maximum absolute atomic E-state index is 12.1. The van der Waals surface area contributed by atoms with E-state index >= 15 is 0 Å². The Bertz CT molecular complexity index is 494. The fourth-order valence-electron chi connectivity index (χ4n) is 1.96. The maximum Gasteiger partial charge on any atom is 0.573 e. The first kappa shape index (κ1) is 18.5. The molecule has 1 aliphatic rings. The van der Waals surface area contributed by atoms with Gasteiger partial charge in [0.2, 0.25) is 5.91 Å².